The minimum absolute atomic E-state index is 0.0122. The Morgan fingerprint density at radius 3 is 2.81 bits per heavy atom. The minimum Gasteiger partial charge on any atom is -0.465 e. The number of rotatable bonds is 7. The molecule has 5 heteroatoms. The number of carbonyl (C=O) groups is 2. The number of benzene rings is 1. The summed E-state index contributed by atoms with van der Waals surface area (Å²) in [5.74, 6) is -0.682. The van der Waals surface area contributed by atoms with Gasteiger partial charge in [-0.1, -0.05) is 31.2 Å². The first-order valence-electron chi connectivity index (χ1n) is 9.56. The second kappa shape index (κ2) is 8.80. The number of aryl methyl sites for hydroxylation is 3. The largest absolute Gasteiger partial charge is 0.465 e. The monoisotopic (exact) mass is 366 g/mol. The minimum atomic E-state index is -0.389. The molecular weight excluding hydrogens is 340 g/mol. The molecule has 1 aromatic carbocycles. The molecule has 1 unspecified atom stereocenters. The molecule has 0 aliphatic carbocycles. The van der Waals surface area contributed by atoms with Gasteiger partial charge in [0.1, 0.15) is 0 Å². The lowest BCUT2D eigenvalue weighted by molar-refractivity contribution is -0.148. The number of hydrogen-bond acceptors (Lipinski definition) is 4. The summed E-state index contributed by atoms with van der Waals surface area (Å²) in [5, 5.41) is 0. The lowest BCUT2D eigenvalue weighted by Gasteiger charge is -2.19. The zero-order valence-electron chi connectivity index (χ0n) is 16.0. The predicted molar refractivity (Wildman–Crippen MR) is 105 cm³/mol. The number of para-hydroxylation sites is 1. The Morgan fingerprint density at radius 1 is 1.22 bits per heavy atom. The van der Waals surface area contributed by atoms with Gasteiger partial charge in [0.25, 0.3) is 0 Å². The van der Waals surface area contributed by atoms with Gasteiger partial charge in [0, 0.05) is 30.0 Å². The topological polar surface area (TPSA) is 59.5 Å². The maximum absolute atomic E-state index is 12.4. The quantitative estimate of drug-likeness (QED) is 0.556. The molecule has 2 aromatic rings. The van der Waals surface area contributed by atoms with Gasteiger partial charge in [-0.2, -0.15) is 0 Å². The zero-order chi connectivity index (χ0) is 19.2. The average molecular weight is 366 g/mol. The number of esters is 1. The molecule has 1 fully saturated rings. The summed E-state index contributed by atoms with van der Waals surface area (Å²) in [6.07, 6.45) is 2.57. The first kappa shape index (κ1) is 19.1. The molecule has 1 aliphatic heterocycles. The third kappa shape index (κ3) is 4.73. The normalized spacial score (nSPS) is 16.6. The molecule has 0 N–H and O–H groups in total. The molecule has 0 bridgehead atoms. The fourth-order valence-corrected chi connectivity index (χ4v) is 3.45. The molecule has 1 saturated heterocycles. The van der Waals surface area contributed by atoms with Gasteiger partial charge in [-0.15, -0.1) is 0 Å². The van der Waals surface area contributed by atoms with Gasteiger partial charge < -0.3 is 9.64 Å². The first-order valence-corrected chi connectivity index (χ1v) is 9.56. The van der Waals surface area contributed by atoms with Crippen LogP contribution in [0.3, 0.4) is 0 Å². The van der Waals surface area contributed by atoms with Crippen molar-refractivity contribution in [3.05, 3.63) is 59.4 Å². The molecule has 3 rings (SSSR count). The van der Waals surface area contributed by atoms with E-state index in [1.165, 1.54) is 0 Å². The number of pyridine rings is 1. The van der Waals surface area contributed by atoms with E-state index in [-0.39, 0.29) is 24.2 Å². The van der Waals surface area contributed by atoms with Crippen molar-refractivity contribution >= 4 is 17.6 Å². The van der Waals surface area contributed by atoms with E-state index >= 15 is 0 Å². The maximum Gasteiger partial charge on any atom is 0.311 e. The van der Waals surface area contributed by atoms with Crippen LogP contribution in [0.1, 0.15) is 36.7 Å². The molecule has 0 spiro atoms. The second-order valence-corrected chi connectivity index (χ2v) is 6.93. The van der Waals surface area contributed by atoms with E-state index in [4.69, 9.17) is 4.74 Å². The molecule has 0 radical (unpaired) electrons. The van der Waals surface area contributed by atoms with Crippen LogP contribution in [0.15, 0.2) is 42.5 Å². The molecule has 2 heterocycles. The third-order valence-electron chi connectivity index (χ3n) is 4.89. The van der Waals surface area contributed by atoms with Crippen molar-refractivity contribution in [1.82, 2.24) is 4.98 Å². The van der Waals surface area contributed by atoms with Gasteiger partial charge in [-0.05, 0) is 49.9 Å². The summed E-state index contributed by atoms with van der Waals surface area (Å²) in [4.78, 5) is 31.0. The Bertz CT molecular complexity index is 819. The standard InChI is InChI=1S/C22H26N2O3/c1-3-17-9-4-5-12-20(17)24-15-18(14-21(24)25)22(26)27-13-7-11-19-10-6-8-16(2)23-19/h4-6,8-10,12,18H,3,7,11,13-15H2,1-2H3. The Labute approximate surface area is 160 Å². The number of ether oxygens (including phenoxy) is 1. The highest BCUT2D eigenvalue weighted by atomic mass is 16.5. The molecular formula is C22H26N2O3. The number of aromatic nitrogens is 1. The van der Waals surface area contributed by atoms with Crippen LogP contribution in [-0.4, -0.2) is 30.0 Å². The molecule has 1 aliphatic rings. The van der Waals surface area contributed by atoms with E-state index in [1.54, 1.807) is 4.90 Å². The van der Waals surface area contributed by atoms with E-state index in [0.29, 0.717) is 13.2 Å². The molecule has 27 heavy (non-hydrogen) atoms. The Kier molecular flexibility index (Phi) is 6.22. The van der Waals surface area contributed by atoms with Crippen LogP contribution < -0.4 is 4.90 Å². The summed E-state index contributed by atoms with van der Waals surface area (Å²) in [5.41, 5.74) is 4.02. The van der Waals surface area contributed by atoms with Crippen molar-refractivity contribution in [2.45, 2.75) is 39.5 Å². The number of anilines is 1. The summed E-state index contributed by atoms with van der Waals surface area (Å²) >= 11 is 0. The summed E-state index contributed by atoms with van der Waals surface area (Å²) in [6.45, 7) is 4.77. The fourth-order valence-electron chi connectivity index (χ4n) is 3.45. The van der Waals surface area contributed by atoms with Gasteiger partial charge >= 0.3 is 5.97 Å². The van der Waals surface area contributed by atoms with Crippen LogP contribution in [0.2, 0.25) is 0 Å². The Hall–Kier alpha value is -2.69. The Morgan fingerprint density at radius 2 is 2.04 bits per heavy atom. The molecule has 0 saturated carbocycles. The number of amides is 1. The fraction of sp³-hybridized carbons (Fsp3) is 0.409. The van der Waals surface area contributed by atoms with E-state index in [9.17, 15) is 9.59 Å². The van der Waals surface area contributed by atoms with E-state index in [2.05, 4.69) is 11.9 Å². The van der Waals surface area contributed by atoms with Crippen LogP contribution in [-0.2, 0) is 27.2 Å². The maximum atomic E-state index is 12.4. The highest BCUT2D eigenvalue weighted by Gasteiger charge is 2.36. The van der Waals surface area contributed by atoms with Crippen LogP contribution in [0, 0.1) is 12.8 Å². The smallest absolute Gasteiger partial charge is 0.311 e. The van der Waals surface area contributed by atoms with Gasteiger partial charge in [0.05, 0.1) is 12.5 Å². The summed E-state index contributed by atoms with van der Waals surface area (Å²) in [6, 6.07) is 13.8. The molecule has 1 amide bonds. The average Bonchev–Trinajstić information content (AvgIpc) is 3.06. The van der Waals surface area contributed by atoms with Crippen LogP contribution in [0.4, 0.5) is 5.69 Å². The lowest BCUT2D eigenvalue weighted by atomic mass is 10.1. The van der Waals surface area contributed by atoms with Gasteiger partial charge in [0.15, 0.2) is 0 Å². The first-order chi connectivity index (χ1) is 13.1. The lowest BCUT2D eigenvalue weighted by Crippen LogP contribution is -2.27. The van der Waals surface area contributed by atoms with E-state index < -0.39 is 0 Å². The predicted octanol–water partition coefficient (Wildman–Crippen LogP) is 3.48. The van der Waals surface area contributed by atoms with Crippen LogP contribution in [0.25, 0.3) is 0 Å². The van der Waals surface area contributed by atoms with Crippen LogP contribution in [0.5, 0.6) is 0 Å². The molecule has 1 atom stereocenters. The third-order valence-corrected chi connectivity index (χ3v) is 4.89. The Balaban J connectivity index is 1.50. The second-order valence-electron chi connectivity index (χ2n) is 6.93. The van der Waals surface area contributed by atoms with Crippen molar-refractivity contribution in [1.29, 1.82) is 0 Å². The zero-order valence-corrected chi connectivity index (χ0v) is 16.0. The van der Waals surface area contributed by atoms with E-state index in [1.807, 2.05) is 49.4 Å². The number of nitrogens with zero attached hydrogens (tertiary/aromatic N) is 2. The van der Waals surface area contributed by atoms with Crippen molar-refractivity contribution in [2.75, 3.05) is 18.1 Å². The van der Waals surface area contributed by atoms with Crippen molar-refractivity contribution < 1.29 is 14.3 Å². The highest BCUT2D eigenvalue weighted by molar-refractivity contribution is 6.00. The van der Waals surface area contributed by atoms with Crippen molar-refractivity contribution in [3.63, 3.8) is 0 Å². The molecule has 142 valence electrons. The van der Waals surface area contributed by atoms with Gasteiger partial charge in [-0.25, -0.2) is 0 Å². The summed E-state index contributed by atoms with van der Waals surface area (Å²) < 4.78 is 5.42. The SMILES string of the molecule is CCc1ccccc1N1CC(C(=O)OCCCc2cccc(C)n2)CC1=O. The summed E-state index contributed by atoms with van der Waals surface area (Å²) in [7, 11) is 0. The number of hydrogen-bond donors (Lipinski definition) is 0. The van der Waals surface area contributed by atoms with Gasteiger partial charge in [-0.3, -0.25) is 14.6 Å². The molecule has 5 nitrogen and oxygen atoms in total. The highest BCUT2D eigenvalue weighted by Crippen LogP contribution is 2.29. The van der Waals surface area contributed by atoms with Crippen molar-refractivity contribution in [3.8, 4) is 0 Å². The number of carbonyl (C=O) groups excluding carboxylic acids is 2. The van der Waals surface area contributed by atoms with E-state index in [0.717, 1.165) is 41.9 Å². The van der Waals surface area contributed by atoms with Crippen LogP contribution >= 0.6 is 0 Å². The molecule has 1 aromatic heterocycles. The van der Waals surface area contributed by atoms with Crippen molar-refractivity contribution in [2.24, 2.45) is 5.92 Å². The van der Waals surface area contributed by atoms with Gasteiger partial charge in [0.2, 0.25) is 5.91 Å².